The summed E-state index contributed by atoms with van der Waals surface area (Å²) in [5.41, 5.74) is 2.97. The average Bonchev–Trinajstić information content (AvgIpc) is 3.30. The van der Waals surface area contributed by atoms with Crippen molar-refractivity contribution in [2.24, 2.45) is 0 Å². The zero-order chi connectivity index (χ0) is 22.2. The number of hydrogen-bond donors (Lipinski definition) is 3. The van der Waals surface area contributed by atoms with Crippen molar-refractivity contribution in [3.63, 3.8) is 0 Å². The largest absolute Gasteiger partial charge is 0.405 e. The number of aromatic nitrogens is 2. The highest BCUT2D eigenvalue weighted by atomic mass is 19.4. The van der Waals surface area contributed by atoms with Crippen LogP contribution in [0.4, 0.5) is 24.5 Å². The Balaban J connectivity index is 1.55. The lowest BCUT2D eigenvalue weighted by Crippen LogP contribution is -2.41. The molecule has 0 saturated heterocycles. The van der Waals surface area contributed by atoms with Gasteiger partial charge in [0.25, 0.3) is 5.91 Å². The van der Waals surface area contributed by atoms with Gasteiger partial charge in [-0.1, -0.05) is 12.1 Å². The van der Waals surface area contributed by atoms with Gasteiger partial charge in [0.2, 0.25) is 5.91 Å². The van der Waals surface area contributed by atoms with Gasteiger partial charge in [-0.3, -0.25) is 14.7 Å². The molecular weight excluding hydrogens is 413 g/mol. The molecule has 1 aliphatic heterocycles. The molecule has 0 fully saturated rings. The molecule has 2 amide bonds. The van der Waals surface area contributed by atoms with E-state index in [0.29, 0.717) is 39.0 Å². The highest BCUT2D eigenvalue weighted by molar-refractivity contribution is 6.05. The maximum Gasteiger partial charge on any atom is 0.405 e. The number of benzene rings is 2. The second-order valence-corrected chi connectivity index (χ2v) is 6.99. The number of anilines is 2. The summed E-state index contributed by atoms with van der Waals surface area (Å²) < 4.78 is 36.8. The van der Waals surface area contributed by atoms with Crippen molar-refractivity contribution in [3.8, 4) is 6.07 Å². The number of nitrogens with one attached hydrogen (secondary N) is 3. The summed E-state index contributed by atoms with van der Waals surface area (Å²) in [6.45, 7) is -1.83. The first kappa shape index (κ1) is 20.2. The molecule has 1 aromatic heterocycles. The number of alkyl halides is 3. The molecule has 4 rings (SSSR count). The molecule has 1 aliphatic rings. The molecule has 0 unspecified atom stereocenters. The van der Waals surface area contributed by atoms with Crippen LogP contribution in [-0.4, -0.2) is 46.2 Å². The van der Waals surface area contributed by atoms with Gasteiger partial charge in [-0.05, 0) is 23.8 Å². The molecule has 158 valence electrons. The van der Waals surface area contributed by atoms with Crippen molar-refractivity contribution in [2.45, 2.75) is 12.7 Å². The number of carbonyl (C=O) groups excluding carboxylic acids is 2. The Morgan fingerprint density at radius 2 is 2.13 bits per heavy atom. The van der Waals surface area contributed by atoms with E-state index >= 15 is 0 Å². The van der Waals surface area contributed by atoms with E-state index in [-0.39, 0.29) is 6.54 Å². The molecular formula is C20H15F3N6O2. The monoisotopic (exact) mass is 428 g/mol. The van der Waals surface area contributed by atoms with Crippen LogP contribution in [0.25, 0.3) is 10.9 Å². The number of carbonyl (C=O) groups is 2. The van der Waals surface area contributed by atoms with Gasteiger partial charge in [-0.15, -0.1) is 0 Å². The van der Waals surface area contributed by atoms with E-state index in [9.17, 15) is 28.0 Å². The van der Waals surface area contributed by atoms with Crippen molar-refractivity contribution in [3.05, 3.63) is 53.2 Å². The Hall–Kier alpha value is -4.07. The number of nitrogens with zero attached hydrogens (tertiary/aromatic N) is 3. The van der Waals surface area contributed by atoms with Crippen LogP contribution in [0.15, 0.2) is 36.5 Å². The van der Waals surface area contributed by atoms with E-state index in [1.807, 2.05) is 0 Å². The van der Waals surface area contributed by atoms with Crippen LogP contribution >= 0.6 is 0 Å². The number of fused-ring (bicyclic) bond motifs is 2. The first-order valence-corrected chi connectivity index (χ1v) is 9.14. The topological polar surface area (TPSA) is 114 Å². The fourth-order valence-electron chi connectivity index (χ4n) is 3.45. The van der Waals surface area contributed by atoms with Crippen LogP contribution < -0.4 is 10.6 Å². The number of amides is 2. The van der Waals surface area contributed by atoms with E-state index in [1.165, 1.54) is 4.90 Å². The normalized spacial score (nSPS) is 13.2. The molecule has 3 N–H and O–H groups in total. The molecule has 11 heteroatoms. The Morgan fingerprint density at radius 1 is 1.32 bits per heavy atom. The molecule has 0 spiro atoms. The Bertz CT molecular complexity index is 1230. The number of rotatable bonds is 5. The summed E-state index contributed by atoms with van der Waals surface area (Å²) in [4.78, 5) is 25.9. The fraction of sp³-hybridized carbons (Fsp3) is 0.200. The van der Waals surface area contributed by atoms with Crippen LogP contribution in [0.1, 0.15) is 21.5 Å². The number of halogens is 3. The minimum atomic E-state index is -4.52. The molecule has 8 nitrogen and oxygen atoms in total. The zero-order valence-electron chi connectivity index (χ0n) is 15.9. The second kappa shape index (κ2) is 7.64. The third-order valence-corrected chi connectivity index (χ3v) is 4.78. The van der Waals surface area contributed by atoms with Crippen LogP contribution in [0.2, 0.25) is 0 Å². The van der Waals surface area contributed by atoms with Gasteiger partial charge in [-0.2, -0.15) is 23.5 Å². The summed E-state index contributed by atoms with van der Waals surface area (Å²) in [5.74, 6) is -1.36. The Labute approximate surface area is 173 Å². The predicted octanol–water partition coefficient (Wildman–Crippen LogP) is 2.81. The minimum absolute atomic E-state index is 0.104. The summed E-state index contributed by atoms with van der Waals surface area (Å²) in [7, 11) is 0. The van der Waals surface area contributed by atoms with Crippen molar-refractivity contribution in [2.75, 3.05) is 18.4 Å². The smallest absolute Gasteiger partial charge is 0.355 e. The number of hydrogen-bond acceptors (Lipinski definition) is 5. The molecule has 0 bridgehead atoms. The molecule has 0 atom stereocenters. The van der Waals surface area contributed by atoms with Crippen LogP contribution in [0.3, 0.4) is 0 Å². The fourth-order valence-corrected chi connectivity index (χ4v) is 3.45. The molecule has 31 heavy (non-hydrogen) atoms. The van der Waals surface area contributed by atoms with Crippen molar-refractivity contribution in [1.29, 1.82) is 5.26 Å². The zero-order valence-corrected chi connectivity index (χ0v) is 15.9. The van der Waals surface area contributed by atoms with E-state index < -0.39 is 31.1 Å². The highest BCUT2D eigenvalue weighted by Crippen LogP contribution is 2.32. The van der Waals surface area contributed by atoms with Crippen molar-refractivity contribution < 1.29 is 22.8 Å². The maximum absolute atomic E-state index is 12.9. The lowest BCUT2D eigenvalue weighted by atomic mass is 10.1. The van der Waals surface area contributed by atoms with Gasteiger partial charge in [0.1, 0.15) is 19.2 Å². The van der Waals surface area contributed by atoms with Crippen LogP contribution in [0, 0.1) is 11.3 Å². The van der Waals surface area contributed by atoms with Gasteiger partial charge in [-0.25, -0.2) is 0 Å². The average molecular weight is 428 g/mol. The molecule has 3 aromatic rings. The lowest BCUT2D eigenvalue weighted by Gasteiger charge is -2.16. The molecule has 2 heterocycles. The molecule has 0 radical (unpaired) electrons. The standard InChI is InChI=1S/C20H15F3N6O2/c21-20(22,23)10-25-16(30)9-29-8-11-2-1-3-15(17(11)19(29)31)27-14-4-12(6-24)18-13(5-14)7-26-28-18/h1-5,7,27H,8-10H2,(H,25,30)(H,26,28). The first-order chi connectivity index (χ1) is 14.7. The maximum atomic E-state index is 12.9. The van der Waals surface area contributed by atoms with Gasteiger partial charge in [0.15, 0.2) is 0 Å². The van der Waals surface area contributed by atoms with E-state index in [2.05, 4.69) is 21.6 Å². The van der Waals surface area contributed by atoms with Crippen LogP contribution in [-0.2, 0) is 11.3 Å². The van der Waals surface area contributed by atoms with E-state index in [0.717, 1.165) is 0 Å². The number of nitriles is 1. The minimum Gasteiger partial charge on any atom is -0.355 e. The summed E-state index contributed by atoms with van der Waals surface area (Å²) in [6, 6.07) is 10.6. The van der Waals surface area contributed by atoms with E-state index in [1.54, 1.807) is 41.8 Å². The quantitative estimate of drug-likeness (QED) is 0.578. The summed E-state index contributed by atoms with van der Waals surface area (Å²) in [6.07, 6.45) is -2.95. The number of H-pyrrole nitrogens is 1. The first-order valence-electron chi connectivity index (χ1n) is 9.14. The summed E-state index contributed by atoms with van der Waals surface area (Å²) in [5, 5.41) is 21.6. The predicted molar refractivity (Wildman–Crippen MR) is 104 cm³/mol. The van der Waals surface area contributed by atoms with Crippen molar-refractivity contribution in [1.82, 2.24) is 20.4 Å². The second-order valence-electron chi connectivity index (χ2n) is 6.99. The van der Waals surface area contributed by atoms with Gasteiger partial charge in [0, 0.05) is 17.6 Å². The Morgan fingerprint density at radius 3 is 2.87 bits per heavy atom. The molecule has 0 aliphatic carbocycles. The molecule has 0 saturated carbocycles. The van der Waals surface area contributed by atoms with E-state index in [4.69, 9.17) is 0 Å². The number of aromatic amines is 1. The summed E-state index contributed by atoms with van der Waals surface area (Å²) >= 11 is 0. The third kappa shape index (κ3) is 4.13. The van der Waals surface area contributed by atoms with Crippen molar-refractivity contribution >= 4 is 34.1 Å². The SMILES string of the molecule is N#Cc1cc(Nc2cccc3c2C(=O)N(CC(=O)NCC(F)(F)F)C3)cc2cn[nH]c12. The Kier molecular flexibility index (Phi) is 4.98. The molecule has 2 aromatic carbocycles. The van der Waals surface area contributed by atoms with Gasteiger partial charge in [0.05, 0.1) is 28.5 Å². The van der Waals surface area contributed by atoms with Gasteiger partial charge < -0.3 is 15.5 Å². The van der Waals surface area contributed by atoms with Crippen LogP contribution in [0.5, 0.6) is 0 Å². The van der Waals surface area contributed by atoms with Gasteiger partial charge >= 0.3 is 6.18 Å². The third-order valence-electron chi connectivity index (χ3n) is 4.78. The highest BCUT2D eigenvalue weighted by Gasteiger charge is 2.33. The lowest BCUT2D eigenvalue weighted by molar-refractivity contribution is -0.138.